The second-order valence-electron chi connectivity index (χ2n) is 4.06. The monoisotopic (exact) mass is 293 g/mol. The van der Waals surface area contributed by atoms with Gasteiger partial charge in [-0.05, 0) is 30.3 Å². The van der Waals surface area contributed by atoms with Crippen LogP contribution in [0.2, 0.25) is 5.02 Å². The molecule has 0 saturated heterocycles. The summed E-state index contributed by atoms with van der Waals surface area (Å²) in [6.45, 7) is 0. The highest BCUT2D eigenvalue weighted by molar-refractivity contribution is 6.31. The average Bonchev–Trinajstić information content (AvgIpc) is 2.39. The number of halogens is 3. The van der Waals surface area contributed by atoms with E-state index >= 15 is 0 Å². The van der Waals surface area contributed by atoms with Crippen LogP contribution < -0.4 is 5.56 Å². The highest BCUT2D eigenvalue weighted by Crippen LogP contribution is 2.26. The van der Waals surface area contributed by atoms with Crippen molar-refractivity contribution in [2.75, 3.05) is 0 Å². The Kier molecular flexibility index (Phi) is 2.99. The largest absolute Gasteiger partial charge is 0.437 e. The first-order valence-electron chi connectivity index (χ1n) is 5.61. The number of aromatic nitrogens is 1. The van der Waals surface area contributed by atoms with E-state index in [0.29, 0.717) is 5.02 Å². The Hall–Kier alpha value is -2.27. The first-order chi connectivity index (χ1) is 9.56. The summed E-state index contributed by atoms with van der Waals surface area (Å²) in [7, 11) is 0. The quantitative estimate of drug-likeness (QED) is 0.685. The molecule has 0 unspecified atom stereocenters. The van der Waals surface area contributed by atoms with Crippen LogP contribution in [-0.2, 0) is 0 Å². The van der Waals surface area contributed by atoms with E-state index in [1.54, 1.807) is 0 Å². The van der Waals surface area contributed by atoms with Crippen molar-refractivity contribution >= 4 is 22.6 Å². The number of rotatable bonds is 1. The molecule has 0 radical (unpaired) electrons. The molecular formula is C14H6ClF2NO2. The van der Waals surface area contributed by atoms with Crippen LogP contribution in [-0.4, -0.2) is 4.98 Å². The van der Waals surface area contributed by atoms with Crippen LogP contribution in [0.1, 0.15) is 0 Å². The van der Waals surface area contributed by atoms with Crippen molar-refractivity contribution in [1.29, 1.82) is 0 Å². The average molecular weight is 294 g/mol. The van der Waals surface area contributed by atoms with Gasteiger partial charge in [-0.3, -0.25) is 4.79 Å². The minimum Gasteiger partial charge on any atom is -0.437 e. The molecule has 3 aromatic rings. The molecule has 0 N–H and O–H groups in total. The summed E-state index contributed by atoms with van der Waals surface area (Å²) in [5, 5.41) is 0.495. The van der Waals surface area contributed by atoms with Crippen LogP contribution in [0, 0.1) is 11.6 Å². The summed E-state index contributed by atoms with van der Waals surface area (Å²) < 4.78 is 32.6. The van der Waals surface area contributed by atoms with Crippen LogP contribution in [0.15, 0.2) is 45.6 Å². The summed E-state index contributed by atoms with van der Waals surface area (Å²) in [6.07, 6.45) is 0. The third-order valence-electron chi connectivity index (χ3n) is 2.76. The standard InChI is InChI=1S/C14H6ClF2NO2/c15-7-4-5-11-8(6-7)13(19)18-14(20-11)12-9(16)2-1-3-10(12)17/h1-6H. The summed E-state index contributed by atoms with van der Waals surface area (Å²) >= 11 is 5.77. The van der Waals surface area contributed by atoms with E-state index in [1.165, 1.54) is 24.3 Å². The van der Waals surface area contributed by atoms with Crippen molar-refractivity contribution in [3.05, 3.63) is 63.4 Å². The van der Waals surface area contributed by atoms with Crippen molar-refractivity contribution in [1.82, 2.24) is 4.98 Å². The topological polar surface area (TPSA) is 43.1 Å². The molecule has 2 aromatic carbocycles. The first-order valence-corrected chi connectivity index (χ1v) is 5.99. The molecule has 100 valence electrons. The van der Waals surface area contributed by atoms with Crippen molar-refractivity contribution in [3.63, 3.8) is 0 Å². The normalized spacial score (nSPS) is 10.9. The van der Waals surface area contributed by atoms with Gasteiger partial charge in [0.15, 0.2) is 0 Å². The lowest BCUT2D eigenvalue weighted by Crippen LogP contribution is -2.08. The van der Waals surface area contributed by atoms with Crippen LogP contribution in [0.5, 0.6) is 0 Å². The summed E-state index contributed by atoms with van der Waals surface area (Å²) in [4.78, 5) is 15.4. The Balaban J connectivity index is 2.34. The van der Waals surface area contributed by atoms with Crippen molar-refractivity contribution in [3.8, 4) is 11.5 Å². The number of fused-ring (bicyclic) bond motifs is 1. The Bertz CT molecular complexity index is 856. The molecule has 20 heavy (non-hydrogen) atoms. The smallest absolute Gasteiger partial charge is 0.284 e. The van der Waals surface area contributed by atoms with Gasteiger partial charge in [-0.1, -0.05) is 17.7 Å². The maximum Gasteiger partial charge on any atom is 0.284 e. The van der Waals surface area contributed by atoms with E-state index in [-0.39, 0.29) is 11.0 Å². The zero-order chi connectivity index (χ0) is 14.3. The summed E-state index contributed by atoms with van der Waals surface area (Å²) in [5.41, 5.74) is -0.972. The van der Waals surface area contributed by atoms with Gasteiger partial charge in [0.2, 0.25) is 5.89 Å². The van der Waals surface area contributed by atoms with E-state index in [0.717, 1.165) is 12.1 Å². The second kappa shape index (κ2) is 4.68. The molecule has 0 saturated carbocycles. The van der Waals surface area contributed by atoms with E-state index in [9.17, 15) is 13.6 Å². The Morgan fingerprint density at radius 3 is 2.50 bits per heavy atom. The fourth-order valence-electron chi connectivity index (χ4n) is 1.85. The van der Waals surface area contributed by atoms with Gasteiger partial charge in [-0.2, -0.15) is 4.98 Å². The predicted octanol–water partition coefficient (Wildman–Crippen LogP) is 3.79. The van der Waals surface area contributed by atoms with Crippen LogP contribution >= 0.6 is 11.6 Å². The molecule has 1 heterocycles. The molecule has 0 amide bonds. The number of nitrogens with zero attached hydrogens (tertiary/aromatic N) is 1. The second-order valence-corrected chi connectivity index (χ2v) is 4.50. The molecule has 0 fully saturated rings. The lowest BCUT2D eigenvalue weighted by molar-refractivity contribution is 0.550. The van der Waals surface area contributed by atoms with Crippen molar-refractivity contribution in [2.45, 2.75) is 0 Å². The Morgan fingerprint density at radius 2 is 1.80 bits per heavy atom. The molecule has 1 aromatic heterocycles. The highest BCUT2D eigenvalue weighted by Gasteiger charge is 2.17. The van der Waals surface area contributed by atoms with Gasteiger partial charge in [-0.25, -0.2) is 8.78 Å². The molecule has 0 bridgehead atoms. The third-order valence-corrected chi connectivity index (χ3v) is 2.99. The zero-order valence-corrected chi connectivity index (χ0v) is 10.6. The number of hydrogen-bond donors (Lipinski definition) is 0. The minimum atomic E-state index is -0.853. The Morgan fingerprint density at radius 1 is 1.10 bits per heavy atom. The minimum absolute atomic E-state index is 0.151. The van der Waals surface area contributed by atoms with Gasteiger partial charge in [-0.15, -0.1) is 0 Å². The van der Waals surface area contributed by atoms with Gasteiger partial charge in [0, 0.05) is 5.02 Å². The number of benzene rings is 2. The molecule has 3 nitrogen and oxygen atoms in total. The van der Waals surface area contributed by atoms with Crippen LogP contribution in [0.4, 0.5) is 8.78 Å². The van der Waals surface area contributed by atoms with Crippen molar-refractivity contribution < 1.29 is 13.2 Å². The van der Waals surface area contributed by atoms with Gasteiger partial charge < -0.3 is 4.42 Å². The molecule has 0 aliphatic carbocycles. The van der Waals surface area contributed by atoms with E-state index in [1.807, 2.05) is 0 Å². The maximum absolute atomic E-state index is 13.7. The van der Waals surface area contributed by atoms with Gasteiger partial charge in [0.1, 0.15) is 22.8 Å². The molecule has 0 atom stereocenters. The lowest BCUT2D eigenvalue weighted by atomic mass is 10.2. The van der Waals surface area contributed by atoms with Crippen molar-refractivity contribution in [2.24, 2.45) is 0 Å². The van der Waals surface area contributed by atoms with Gasteiger partial charge in [0.25, 0.3) is 5.56 Å². The molecule has 0 aliphatic rings. The van der Waals surface area contributed by atoms with Crippen LogP contribution in [0.3, 0.4) is 0 Å². The fourth-order valence-corrected chi connectivity index (χ4v) is 2.02. The molecule has 0 spiro atoms. The van der Waals surface area contributed by atoms with E-state index in [4.69, 9.17) is 16.0 Å². The molecule has 3 rings (SSSR count). The maximum atomic E-state index is 13.7. The number of hydrogen-bond acceptors (Lipinski definition) is 3. The molecular weight excluding hydrogens is 288 g/mol. The van der Waals surface area contributed by atoms with E-state index < -0.39 is 28.6 Å². The molecule has 6 heteroatoms. The third kappa shape index (κ3) is 2.06. The van der Waals surface area contributed by atoms with Crippen LogP contribution in [0.25, 0.3) is 22.4 Å². The zero-order valence-electron chi connectivity index (χ0n) is 9.86. The summed E-state index contributed by atoms with van der Waals surface area (Å²) in [5.74, 6) is -2.11. The molecule has 0 aliphatic heterocycles. The first kappa shape index (κ1) is 12.7. The Labute approximate surface area is 116 Å². The van der Waals surface area contributed by atoms with E-state index in [2.05, 4.69) is 4.98 Å². The lowest BCUT2D eigenvalue weighted by Gasteiger charge is -2.04. The SMILES string of the molecule is O=c1nc(-c2c(F)cccc2F)oc2ccc(Cl)cc12. The van der Waals surface area contributed by atoms with Gasteiger partial charge in [0.05, 0.1) is 5.39 Å². The summed E-state index contributed by atoms with van der Waals surface area (Å²) in [6, 6.07) is 7.68. The fraction of sp³-hybridized carbons (Fsp3) is 0. The van der Waals surface area contributed by atoms with Gasteiger partial charge >= 0.3 is 0 Å². The highest BCUT2D eigenvalue weighted by atomic mass is 35.5. The predicted molar refractivity (Wildman–Crippen MR) is 70.6 cm³/mol.